The topological polar surface area (TPSA) is 56.8 Å². The van der Waals surface area contributed by atoms with E-state index in [-0.39, 0.29) is 18.8 Å². The number of ether oxygens (including phenoxy) is 3. The Labute approximate surface area is 106 Å². The number of nitrogens with one attached hydrogen (secondary N) is 1. The highest BCUT2D eigenvalue weighted by atomic mass is 16.6. The van der Waals surface area contributed by atoms with E-state index in [4.69, 9.17) is 14.2 Å². The highest BCUT2D eigenvalue weighted by molar-refractivity contribution is 5.66. The van der Waals surface area contributed by atoms with Crippen molar-refractivity contribution in [2.45, 2.75) is 12.2 Å². The highest BCUT2D eigenvalue weighted by Crippen LogP contribution is 2.22. The quantitative estimate of drug-likeness (QED) is 0.884. The van der Waals surface area contributed by atoms with E-state index in [0.29, 0.717) is 13.2 Å². The van der Waals surface area contributed by atoms with Gasteiger partial charge in [0.1, 0.15) is 18.8 Å². The molecule has 5 nitrogen and oxygen atoms in total. The van der Waals surface area contributed by atoms with Gasteiger partial charge in [0, 0.05) is 7.05 Å². The fraction of sp³-hybridized carbons (Fsp3) is 0.462. The molecular weight excluding hydrogens is 234 g/mol. The second kappa shape index (κ2) is 6.37. The van der Waals surface area contributed by atoms with Crippen LogP contribution < -0.4 is 5.32 Å². The fourth-order valence-electron chi connectivity index (χ4n) is 1.74. The summed E-state index contributed by atoms with van der Waals surface area (Å²) in [5, 5.41) is 2.38. The van der Waals surface area contributed by atoms with Gasteiger partial charge in [0.25, 0.3) is 0 Å². The van der Waals surface area contributed by atoms with Crippen molar-refractivity contribution in [3.05, 3.63) is 35.9 Å². The summed E-state index contributed by atoms with van der Waals surface area (Å²) in [6.45, 7) is 1.11. The predicted molar refractivity (Wildman–Crippen MR) is 65.3 cm³/mol. The number of amides is 1. The van der Waals surface area contributed by atoms with Crippen molar-refractivity contribution in [2.24, 2.45) is 0 Å². The molecule has 2 unspecified atom stereocenters. The van der Waals surface area contributed by atoms with Gasteiger partial charge in [-0.25, -0.2) is 4.79 Å². The summed E-state index contributed by atoms with van der Waals surface area (Å²) in [5.74, 6) is 0. The van der Waals surface area contributed by atoms with Crippen LogP contribution >= 0.6 is 0 Å². The Morgan fingerprint density at radius 1 is 1.33 bits per heavy atom. The van der Waals surface area contributed by atoms with Crippen LogP contribution in [0.25, 0.3) is 0 Å². The standard InChI is InChI=1S/C13H17NO4/c1-14-13(15)18-8-11-7-17-12(9-16-11)10-5-3-2-4-6-10/h2-6,11-12H,7-9H2,1H3,(H,14,15). The number of alkyl carbamates (subject to hydrolysis) is 1. The van der Waals surface area contributed by atoms with Crippen LogP contribution in [0.5, 0.6) is 0 Å². The zero-order chi connectivity index (χ0) is 12.8. The Bertz CT molecular complexity index is 374. The van der Waals surface area contributed by atoms with Crippen LogP contribution in [0, 0.1) is 0 Å². The number of benzene rings is 1. The third-order valence-corrected chi connectivity index (χ3v) is 2.74. The third-order valence-electron chi connectivity index (χ3n) is 2.74. The van der Waals surface area contributed by atoms with Gasteiger partial charge in [-0.1, -0.05) is 30.3 Å². The molecule has 1 aromatic carbocycles. The van der Waals surface area contributed by atoms with E-state index < -0.39 is 6.09 Å². The zero-order valence-electron chi connectivity index (χ0n) is 10.3. The molecule has 1 saturated heterocycles. The molecule has 2 rings (SSSR count). The number of hydrogen-bond donors (Lipinski definition) is 1. The minimum atomic E-state index is -0.455. The maximum absolute atomic E-state index is 10.9. The maximum Gasteiger partial charge on any atom is 0.406 e. The van der Waals surface area contributed by atoms with Gasteiger partial charge in [0.05, 0.1) is 13.2 Å². The number of rotatable bonds is 3. The minimum Gasteiger partial charge on any atom is -0.447 e. The molecule has 2 atom stereocenters. The van der Waals surface area contributed by atoms with E-state index in [2.05, 4.69) is 5.32 Å². The molecule has 1 aliphatic heterocycles. The van der Waals surface area contributed by atoms with Crippen LogP contribution in [0.1, 0.15) is 11.7 Å². The fourth-order valence-corrected chi connectivity index (χ4v) is 1.74. The van der Waals surface area contributed by atoms with Gasteiger partial charge in [-0.15, -0.1) is 0 Å². The van der Waals surface area contributed by atoms with Gasteiger partial charge in [0.2, 0.25) is 0 Å². The van der Waals surface area contributed by atoms with E-state index in [1.165, 1.54) is 7.05 Å². The molecule has 0 spiro atoms. The minimum absolute atomic E-state index is 0.0394. The Balaban J connectivity index is 1.76. The summed E-state index contributed by atoms with van der Waals surface area (Å²) in [5.41, 5.74) is 1.10. The number of hydrogen-bond acceptors (Lipinski definition) is 4. The molecule has 1 N–H and O–H groups in total. The Morgan fingerprint density at radius 3 is 2.72 bits per heavy atom. The largest absolute Gasteiger partial charge is 0.447 e. The molecule has 0 radical (unpaired) electrons. The number of carbonyl (C=O) groups is 1. The van der Waals surface area contributed by atoms with Crippen LogP contribution in [0.15, 0.2) is 30.3 Å². The SMILES string of the molecule is CNC(=O)OCC1COC(c2ccccc2)CO1. The van der Waals surface area contributed by atoms with Gasteiger partial charge in [-0.2, -0.15) is 0 Å². The van der Waals surface area contributed by atoms with Crippen molar-refractivity contribution in [1.29, 1.82) is 0 Å². The van der Waals surface area contributed by atoms with Crippen LogP contribution in [0.2, 0.25) is 0 Å². The Morgan fingerprint density at radius 2 is 2.11 bits per heavy atom. The van der Waals surface area contributed by atoms with Gasteiger partial charge < -0.3 is 19.5 Å². The molecule has 5 heteroatoms. The van der Waals surface area contributed by atoms with Crippen molar-refractivity contribution in [1.82, 2.24) is 5.32 Å². The molecule has 1 fully saturated rings. The molecule has 0 bridgehead atoms. The lowest BCUT2D eigenvalue weighted by atomic mass is 10.1. The van der Waals surface area contributed by atoms with E-state index >= 15 is 0 Å². The lowest BCUT2D eigenvalue weighted by molar-refractivity contribution is -0.147. The molecular formula is C13H17NO4. The summed E-state index contributed by atoms with van der Waals surface area (Å²) >= 11 is 0. The lowest BCUT2D eigenvalue weighted by Gasteiger charge is -2.29. The van der Waals surface area contributed by atoms with E-state index in [9.17, 15) is 4.79 Å². The van der Waals surface area contributed by atoms with Crippen molar-refractivity contribution >= 4 is 6.09 Å². The number of carbonyl (C=O) groups excluding carboxylic acids is 1. The predicted octanol–water partition coefficient (Wildman–Crippen LogP) is 1.50. The maximum atomic E-state index is 10.9. The first-order valence-electron chi connectivity index (χ1n) is 5.92. The molecule has 1 heterocycles. The summed E-state index contributed by atoms with van der Waals surface area (Å²) in [6, 6.07) is 9.93. The molecule has 1 amide bonds. The molecule has 0 aromatic heterocycles. The van der Waals surface area contributed by atoms with Crippen molar-refractivity contribution < 1.29 is 19.0 Å². The van der Waals surface area contributed by atoms with Gasteiger partial charge >= 0.3 is 6.09 Å². The smallest absolute Gasteiger partial charge is 0.406 e. The van der Waals surface area contributed by atoms with Gasteiger partial charge in [0.15, 0.2) is 0 Å². The highest BCUT2D eigenvalue weighted by Gasteiger charge is 2.24. The van der Waals surface area contributed by atoms with Gasteiger partial charge in [-0.3, -0.25) is 0 Å². The average Bonchev–Trinajstić information content (AvgIpc) is 2.46. The van der Waals surface area contributed by atoms with Crippen molar-refractivity contribution in [3.63, 3.8) is 0 Å². The van der Waals surface area contributed by atoms with Crippen molar-refractivity contribution in [3.8, 4) is 0 Å². The second-order valence-electron chi connectivity index (χ2n) is 4.04. The molecule has 98 valence electrons. The van der Waals surface area contributed by atoms with E-state index in [1.54, 1.807) is 0 Å². The van der Waals surface area contributed by atoms with Crippen LogP contribution in [-0.2, 0) is 14.2 Å². The average molecular weight is 251 g/mol. The molecule has 1 aliphatic rings. The molecule has 18 heavy (non-hydrogen) atoms. The molecule has 0 aliphatic carbocycles. The Kier molecular flexibility index (Phi) is 4.55. The lowest BCUT2D eigenvalue weighted by Crippen LogP contribution is -2.36. The summed E-state index contributed by atoms with van der Waals surface area (Å²) in [4.78, 5) is 10.9. The van der Waals surface area contributed by atoms with E-state index in [0.717, 1.165) is 5.56 Å². The van der Waals surface area contributed by atoms with Crippen LogP contribution in [0.4, 0.5) is 4.79 Å². The third kappa shape index (κ3) is 3.45. The Hall–Kier alpha value is -1.59. The van der Waals surface area contributed by atoms with Gasteiger partial charge in [-0.05, 0) is 5.56 Å². The first kappa shape index (κ1) is 12.9. The zero-order valence-corrected chi connectivity index (χ0v) is 10.3. The van der Waals surface area contributed by atoms with E-state index in [1.807, 2.05) is 30.3 Å². The second-order valence-corrected chi connectivity index (χ2v) is 4.04. The monoisotopic (exact) mass is 251 g/mol. The van der Waals surface area contributed by atoms with Crippen LogP contribution in [0.3, 0.4) is 0 Å². The summed E-state index contributed by atoms with van der Waals surface area (Å²) in [7, 11) is 1.52. The summed E-state index contributed by atoms with van der Waals surface area (Å²) in [6.07, 6.45) is -0.687. The van der Waals surface area contributed by atoms with Crippen LogP contribution in [-0.4, -0.2) is 39.1 Å². The first-order valence-corrected chi connectivity index (χ1v) is 5.92. The molecule has 1 aromatic rings. The molecule has 0 saturated carbocycles. The van der Waals surface area contributed by atoms with Crippen molar-refractivity contribution in [2.75, 3.05) is 26.9 Å². The normalized spacial score (nSPS) is 23.4. The summed E-state index contributed by atoms with van der Waals surface area (Å²) < 4.78 is 16.2. The first-order chi connectivity index (χ1) is 8.79.